The molecule has 1 aromatic carbocycles. The molecule has 1 unspecified atom stereocenters. The highest BCUT2D eigenvalue weighted by Gasteiger charge is 2.16. The predicted molar refractivity (Wildman–Crippen MR) is 77.6 cm³/mol. The molecular weight excluding hydrogens is 258 g/mol. The van der Waals surface area contributed by atoms with Crippen LogP contribution in [-0.2, 0) is 4.79 Å². The molecule has 4 N–H and O–H groups in total. The van der Waals surface area contributed by atoms with Crippen molar-refractivity contribution in [3.63, 3.8) is 0 Å². The Kier molecular flexibility index (Phi) is 5.83. The van der Waals surface area contributed by atoms with Gasteiger partial charge in [-0.1, -0.05) is 0 Å². The summed E-state index contributed by atoms with van der Waals surface area (Å²) in [7, 11) is 0. The van der Waals surface area contributed by atoms with Crippen LogP contribution in [0.1, 0.15) is 31.1 Å². The summed E-state index contributed by atoms with van der Waals surface area (Å²) in [6, 6.07) is 4.18. The molecule has 0 bridgehead atoms. The minimum atomic E-state index is -0.612. The summed E-state index contributed by atoms with van der Waals surface area (Å²) in [4.78, 5) is 23.6. The number of ether oxygens (including phenoxy) is 1. The van der Waals surface area contributed by atoms with Crippen LogP contribution in [0, 0.1) is 0 Å². The van der Waals surface area contributed by atoms with E-state index in [1.54, 1.807) is 25.1 Å². The van der Waals surface area contributed by atoms with E-state index in [9.17, 15) is 9.59 Å². The van der Waals surface area contributed by atoms with Gasteiger partial charge in [-0.25, -0.2) is 0 Å². The lowest BCUT2D eigenvalue weighted by molar-refractivity contribution is -0.122. The van der Waals surface area contributed by atoms with E-state index in [1.165, 1.54) is 0 Å². The fourth-order valence-corrected chi connectivity index (χ4v) is 1.68. The summed E-state index contributed by atoms with van der Waals surface area (Å²) in [5, 5.41) is 5.26. The number of nitrogen functional groups attached to an aromatic ring is 1. The third kappa shape index (κ3) is 4.46. The molecule has 0 radical (unpaired) electrons. The Balaban J connectivity index is 2.79. The summed E-state index contributed by atoms with van der Waals surface area (Å²) in [5.74, 6) is -0.0601. The quantitative estimate of drug-likeness (QED) is 0.675. The lowest BCUT2D eigenvalue weighted by Crippen LogP contribution is -2.44. The van der Waals surface area contributed by atoms with Gasteiger partial charge in [-0.2, -0.15) is 0 Å². The average molecular weight is 279 g/mol. The fourth-order valence-electron chi connectivity index (χ4n) is 1.68. The molecule has 110 valence electrons. The zero-order valence-corrected chi connectivity index (χ0v) is 12.0. The lowest BCUT2D eigenvalue weighted by Gasteiger charge is -2.14. The van der Waals surface area contributed by atoms with Crippen LogP contribution >= 0.6 is 0 Å². The van der Waals surface area contributed by atoms with Gasteiger partial charge in [-0.15, -0.1) is 0 Å². The molecule has 0 spiro atoms. The molecule has 1 aromatic rings. The van der Waals surface area contributed by atoms with E-state index in [4.69, 9.17) is 10.5 Å². The summed E-state index contributed by atoms with van der Waals surface area (Å²) < 4.78 is 5.33. The van der Waals surface area contributed by atoms with E-state index in [0.717, 1.165) is 0 Å². The van der Waals surface area contributed by atoms with E-state index < -0.39 is 6.04 Å². The Bertz CT molecular complexity index is 489. The highest BCUT2D eigenvalue weighted by atomic mass is 16.5. The number of nitrogens with one attached hydrogen (secondary N) is 2. The van der Waals surface area contributed by atoms with E-state index in [1.807, 2.05) is 13.8 Å². The Morgan fingerprint density at radius 3 is 2.60 bits per heavy atom. The van der Waals surface area contributed by atoms with Gasteiger partial charge in [0.25, 0.3) is 5.91 Å². The summed E-state index contributed by atoms with van der Waals surface area (Å²) in [6.45, 7) is 6.29. The molecule has 0 saturated carbocycles. The highest BCUT2D eigenvalue weighted by molar-refractivity contribution is 5.98. The van der Waals surface area contributed by atoms with Crippen LogP contribution in [0.15, 0.2) is 18.2 Å². The molecule has 0 aliphatic carbocycles. The number of hydrogen-bond acceptors (Lipinski definition) is 4. The van der Waals surface area contributed by atoms with Crippen molar-refractivity contribution >= 4 is 17.5 Å². The summed E-state index contributed by atoms with van der Waals surface area (Å²) >= 11 is 0. The van der Waals surface area contributed by atoms with Gasteiger partial charge >= 0.3 is 0 Å². The maximum absolute atomic E-state index is 12.1. The van der Waals surface area contributed by atoms with Crippen molar-refractivity contribution in [3.8, 4) is 5.75 Å². The van der Waals surface area contributed by atoms with Crippen LogP contribution in [-0.4, -0.2) is 31.0 Å². The molecular formula is C14H21N3O3. The normalized spacial score (nSPS) is 11.6. The molecule has 1 atom stereocenters. The topological polar surface area (TPSA) is 93.5 Å². The number of anilines is 1. The number of benzene rings is 1. The van der Waals surface area contributed by atoms with Gasteiger partial charge in [0, 0.05) is 23.9 Å². The third-order valence-corrected chi connectivity index (χ3v) is 2.59. The maximum Gasteiger partial charge on any atom is 0.252 e. The summed E-state index contributed by atoms with van der Waals surface area (Å²) in [5.41, 5.74) is 6.53. The lowest BCUT2D eigenvalue weighted by atomic mass is 10.1. The second kappa shape index (κ2) is 7.37. The van der Waals surface area contributed by atoms with Crippen molar-refractivity contribution in [1.82, 2.24) is 10.6 Å². The summed E-state index contributed by atoms with van der Waals surface area (Å²) in [6.07, 6.45) is 0. The van der Waals surface area contributed by atoms with Crippen LogP contribution in [0.4, 0.5) is 5.69 Å². The number of nitrogens with two attached hydrogens (primary N) is 1. The Labute approximate surface area is 118 Å². The Morgan fingerprint density at radius 2 is 2.00 bits per heavy atom. The zero-order valence-electron chi connectivity index (χ0n) is 12.0. The molecule has 2 amide bonds. The first-order valence-corrected chi connectivity index (χ1v) is 6.59. The molecule has 0 heterocycles. The molecule has 0 aromatic heterocycles. The standard InChI is InChI=1S/C14H21N3O3/c1-4-16-13(18)9(3)17-14(19)10-6-11(15)8-12(7-10)20-5-2/h6-9H,4-5,15H2,1-3H3,(H,16,18)(H,17,19). The fraction of sp³-hybridized carbons (Fsp3) is 0.429. The number of hydrogen-bond donors (Lipinski definition) is 3. The Morgan fingerprint density at radius 1 is 1.30 bits per heavy atom. The second-order valence-corrected chi connectivity index (χ2v) is 4.31. The monoisotopic (exact) mass is 279 g/mol. The molecule has 0 aliphatic heterocycles. The number of carbonyl (C=O) groups excluding carboxylic acids is 2. The smallest absolute Gasteiger partial charge is 0.252 e. The van der Waals surface area contributed by atoms with Gasteiger partial charge in [0.05, 0.1) is 6.61 Å². The molecule has 0 aliphatic rings. The van der Waals surface area contributed by atoms with Crippen molar-refractivity contribution in [2.45, 2.75) is 26.8 Å². The van der Waals surface area contributed by atoms with Gasteiger partial charge in [-0.3, -0.25) is 9.59 Å². The minimum absolute atomic E-state index is 0.227. The number of rotatable bonds is 6. The van der Waals surface area contributed by atoms with E-state index in [2.05, 4.69) is 10.6 Å². The largest absolute Gasteiger partial charge is 0.494 e. The minimum Gasteiger partial charge on any atom is -0.494 e. The van der Waals surface area contributed by atoms with Crippen LogP contribution in [0.25, 0.3) is 0 Å². The third-order valence-electron chi connectivity index (χ3n) is 2.59. The zero-order chi connectivity index (χ0) is 15.1. The molecule has 0 saturated heterocycles. The maximum atomic E-state index is 12.1. The first-order chi connectivity index (χ1) is 9.47. The number of carbonyl (C=O) groups is 2. The van der Waals surface area contributed by atoms with E-state index in [-0.39, 0.29) is 11.8 Å². The van der Waals surface area contributed by atoms with Crippen LogP contribution in [0.5, 0.6) is 5.75 Å². The van der Waals surface area contributed by atoms with Gasteiger partial charge in [-0.05, 0) is 32.9 Å². The van der Waals surface area contributed by atoms with Crippen molar-refractivity contribution in [3.05, 3.63) is 23.8 Å². The molecule has 1 rings (SSSR count). The van der Waals surface area contributed by atoms with Crippen molar-refractivity contribution in [2.24, 2.45) is 0 Å². The molecule has 20 heavy (non-hydrogen) atoms. The average Bonchev–Trinajstić information content (AvgIpc) is 2.38. The van der Waals surface area contributed by atoms with Crippen LogP contribution in [0.2, 0.25) is 0 Å². The van der Waals surface area contributed by atoms with Crippen LogP contribution in [0.3, 0.4) is 0 Å². The molecule has 0 fully saturated rings. The number of likely N-dealkylation sites (N-methyl/N-ethyl adjacent to an activating group) is 1. The van der Waals surface area contributed by atoms with Crippen molar-refractivity contribution in [2.75, 3.05) is 18.9 Å². The highest BCUT2D eigenvalue weighted by Crippen LogP contribution is 2.19. The van der Waals surface area contributed by atoms with Crippen molar-refractivity contribution < 1.29 is 14.3 Å². The van der Waals surface area contributed by atoms with Gasteiger partial charge in [0.1, 0.15) is 11.8 Å². The number of amides is 2. The predicted octanol–water partition coefficient (Wildman–Crippen LogP) is 0.922. The van der Waals surface area contributed by atoms with E-state index >= 15 is 0 Å². The van der Waals surface area contributed by atoms with E-state index in [0.29, 0.717) is 30.2 Å². The first-order valence-electron chi connectivity index (χ1n) is 6.59. The van der Waals surface area contributed by atoms with Gasteiger partial charge < -0.3 is 21.1 Å². The molecule has 6 heteroatoms. The van der Waals surface area contributed by atoms with Gasteiger partial charge in [0.15, 0.2) is 0 Å². The first kappa shape index (κ1) is 15.8. The molecule has 6 nitrogen and oxygen atoms in total. The second-order valence-electron chi connectivity index (χ2n) is 4.31. The van der Waals surface area contributed by atoms with Gasteiger partial charge in [0.2, 0.25) is 5.91 Å². The van der Waals surface area contributed by atoms with Crippen LogP contribution < -0.4 is 21.1 Å². The Hall–Kier alpha value is -2.24. The SMILES string of the molecule is CCNC(=O)C(C)NC(=O)c1cc(N)cc(OCC)c1. The van der Waals surface area contributed by atoms with Crippen molar-refractivity contribution in [1.29, 1.82) is 0 Å².